The summed E-state index contributed by atoms with van der Waals surface area (Å²) in [5.41, 5.74) is 1.40. The first kappa shape index (κ1) is 8.82. The van der Waals surface area contributed by atoms with E-state index in [9.17, 15) is 0 Å². The molecule has 2 heteroatoms. The van der Waals surface area contributed by atoms with Gasteiger partial charge < -0.3 is 9.88 Å². The van der Waals surface area contributed by atoms with Crippen LogP contribution in [0.15, 0.2) is 18.5 Å². The third kappa shape index (κ3) is 2.13. The van der Waals surface area contributed by atoms with Crippen LogP contribution in [0.25, 0.3) is 0 Å². The Labute approximate surface area is 79.9 Å². The molecule has 1 aliphatic carbocycles. The van der Waals surface area contributed by atoms with E-state index < -0.39 is 0 Å². The van der Waals surface area contributed by atoms with Gasteiger partial charge >= 0.3 is 0 Å². The van der Waals surface area contributed by atoms with Crippen LogP contribution >= 0.6 is 0 Å². The van der Waals surface area contributed by atoms with Crippen molar-refractivity contribution in [2.24, 2.45) is 5.92 Å². The second-order valence-electron chi connectivity index (χ2n) is 4.05. The van der Waals surface area contributed by atoms with Crippen LogP contribution < -0.4 is 5.32 Å². The fraction of sp³-hybridized carbons (Fsp3) is 0.636. The van der Waals surface area contributed by atoms with Gasteiger partial charge in [-0.2, -0.15) is 0 Å². The predicted octanol–water partition coefficient (Wildman–Crippen LogP) is 2.01. The standard InChI is InChI=1S/C11H18N2/c1-3-13-5-4-10(8-13)7-12-11-6-9(11)2/h4-5,8-9,11-12H,3,6-7H2,1-2H3. The molecule has 0 spiro atoms. The van der Waals surface area contributed by atoms with Gasteiger partial charge in [-0.3, -0.25) is 0 Å². The van der Waals surface area contributed by atoms with Gasteiger partial charge in [-0.1, -0.05) is 6.92 Å². The van der Waals surface area contributed by atoms with Crippen molar-refractivity contribution in [3.63, 3.8) is 0 Å². The van der Waals surface area contributed by atoms with Crippen molar-refractivity contribution < 1.29 is 0 Å². The second-order valence-corrected chi connectivity index (χ2v) is 4.05. The zero-order chi connectivity index (χ0) is 9.26. The molecule has 1 aliphatic rings. The summed E-state index contributed by atoms with van der Waals surface area (Å²) in [6.45, 7) is 6.57. The van der Waals surface area contributed by atoms with E-state index in [1.165, 1.54) is 12.0 Å². The summed E-state index contributed by atoms with van der Waals surface area (Å²) in [5, 5.41) is 3.55. The minimum atomic E-state index is 0.782. The highest BCUT2D eigenvalue weighted by atomic mass is 15.0. The van der Waals surface area contributed by atoms with Crippen molar-refractivity contribution in [3.05, 3.63) is 24.0 Å². The van der Waals surface area contributed by atoms with E-state index in [-0.39, 0.29) is 0 Å². The number of hydrogen-bond donors (Lipinski definition) is 1. The van der Waals surface area contributed by atoms with Crippen LogP contribution in [-0.2, 0) is 13.1 Å². The predicted molar refractivity (Wildman–Crippen MR) is 54.5 cm³/mol. The normalized spacial score (nSPS) is 26.3. The summed E-state index contributed by atoms with van der Waals surface area (Å²) in [7, 11) is 0. The molecule has 2 rings (SSSR count). The van der Waals surface area contributed by atoms with Crippen molar-refractivity contribution in [1.29, 1.82) is 0 Å². The maximum atomic E-state index is 3.55. The van der Waals surface area contributed by atoms with E-state index in [4.69, 9.17) is 0 Å². The van der Waals surface area contributed by atoms with E-state index in [1.54, 1.807) is 0 Å². The smallest absolute Gasteiger partial charge is 0.0223 e. The summed E-state index contributed by atoms with van der Waals surface area (Å²) in [6, 6.07) is 2.98. The Hall–Kier alpha value is -0.760. The summed E-state index contributed by atoms with van der Waals surface area (Å²) < 4.78 is 2.22. The lowest BCUT2D eigenvalue weighted by Crippen LogP contribution is -2.16. The average molecular weight is 178 g/mol. The van der Waals surface area contributed by atoms with Crippen LogP contribution in [-0.4, -0.2) is 10.6 Å². The van der Waals surface area contributed by atoms with Gasteiger partial charge in [-0.05, 0) is 30.9 Å². The van der Waals surface area contributed by atoms with Crippen LogP contribution in [0.5, 0.6) is 0 Å². The first-order valence-corrected chi connectivity index (χ1v) is 5.17. The van der Waals surface area contributed by atoms with Crippen molar-refractivity contribution in [2.45, 2.75) is 39.4 Å². The highest BCUT2D eigenvalue weighted by molar-refractivity contribution is 5.10. The Morgan fingerprint density at radius 3 is 2.92 bits per heavy atom. The molecule has 0 bridgehead atoms. The monoisotopic (exact) mass is 178 g/mol. The number of nitrogens with one attached hydrogen (secondary N) is 1. The first-order chi connectivity index (χ1) is 6.29. The molecule has 0 aliphatic heterocycles. The molecule has 2 unspecified atom stereocenters. The van der Waals surface area contributed by atoms with Gasteiger partial charge in [0.1, 0.15) is 0 Å². The molecule has 1 aromatic rings. The quantitative estimate of drug-likeness (QED) is 0.746. The lowest BCUT2D eigenvalue weighted by Gasteiger charge is -2.00. The molecule has 2 nitrogen and oxygen atoms in total. The first-order valence-electron chi connectivity index (χ1n) is 5.17. The average Bonchev–Trinajstić information content (AvgIpc) is 2.68. The molecule has 0 radical (unpaired) electrons. The van der Waals surface area contributed by atoms with Crippen molar-refractivity contribution in [2.75, 3.05) is 0 Å². The highest BCUT2D eigenvalue weighted by Gasteiger charge is 2.31. The SMILES string of the molecule is CCn1ccc(CNC2CC2C)c1. The number of nitrogens with zero attached hydrogens (tertiary/aromatic N) is 1. The lowest BCUT2D eigenvalue weighted by atomic mass is 10.3. The van der Waals surface area contributed by atoms with Crippen LogP contribution in [0, 0.1) is 5.92 Å². The van der Waals surface area contributed by atoms with Crippen LogP contribution in [0.2, 0.25) is 0 Å². The van der Waals surface area contributed by atoms with Gasteiger partial charge in [0.25, 0.3) is 0 Å². The molecule has 1 heterocycles. The van der Waals surface area contributed by atoms with Gasteiger partial charge in [0.2, 0.25) is 0 Å². The molecular weight excluding hydrogens is 160 g/mol. The fourth-order valence-electron chi connectivity index (χ4n) is 1.65. The number of aromatic nitrogens is 1. The molecular formula is C11H18N2. The Kier molecular flexibility index (Phi) is 2.40. The van der Waals surface area contributed by atoms with E-state index in [0.29, 0.717) is 0 Å². The molecule has 13 heavy (non-hydrogen) atoms. The molecule has 1 saturated carbocycles. The van der Waals surface area contributed by atoms with Crippen molar-refractivity contribution >= 4 is 0 Å². The summed E-state index contributed by atoms with van der Waals surface area (Å²) in [5.74, 6) is 0.897. The Balaban J connectivity index is 1.80. The van der Waals surface area contributed by atoms with E-state index in [2.05, 4.69) is 42.2 Å². The molecule has 1 aromatic heterocycles. The summed E-state index contributed by atoms with van der Waals surface area (Å²) >= 11 is 0. The third-order valence-electron chi connectivity index (χ3n) is 2.85. The molecule has 1 fully saturated rings. The van der Waals surface area contributed by atoms with Gasteiger partial charge in [0.05, 0.1) is 0 Å². The van der Waals surface area contributed by atoms with Crippen LogP contribution in [0.1, 0.15) is 25.8 Å². The van der Waals surface area contributed by atoms with Crippen molar-refractivity contribution in [3.8, 4) is 0 Å². The molecule has 0 aromatic carbocycles. The Morgan fingerprint density at radius 1 is 1.62 bits per heavy atom. The largest absolute Gasteiger partial charge is 0.354 e. The van der Waals surface area contributed by atoms with Crippen LogP contribution in [0.3, 0.4) is 0 Å². The van der Waals surface area contributed by atoms with E-state index in [0.717, 1.165) is 25.0 Å². The minimum Gasteiger partial charge on any atom is -0.354 e. The highest BCUT2D eigenvalue weighted by Crippen LogP contribution is 2.29. The maximum Gasteiger partial charge on any atom is 0.0223 e. The Morgan fingerprint density at radius 2 is 2.38 bits per heavy atom. The van der Waals surface area contributed by atoms with Crippen LogP contribution in [0.4, 0.5) is 0 Å². The number of rotatable bonds is 4. The van der Waals surface area contributed by atoms with Gasteiger partial charge in [-0.15, -0.1) is 0 Å². The molecule has 72 valence electrons. The lowest BCUT2D eigenvalue weighted by molar-refractivity contribution is 0.650. The van der Waals surface area contributed by atoms with Gasteiger partial charge in [-0.25, -0.2) is 0 Å². The summed E-state index contributed by atoms with van der Waals surface area (Å²) in [4.78, 5) is 0. The molecule has 0 saturated heterocycles. The topological polar surface area (TPSA) is 17.0 Å². The molecule has 2 atom stereocenters. The third-order valence-corrected chi connectivity index (χ3v) is 2.85. The molecule has 1 N–H and O–H groups in total. The summed E-state index contributed by atoms with van der Waals surface area (Å²) in [6.07, 6.45) is 5.72. The fourth-order valence-corrected chi connectivity index (χ4v) is 1.65. The zero-order valence-electron chi connectivity index (χ0n) is 8.46. The number of hydrogen-bond acceptors (Lipinski definition) is 1. The zero-order valence-corrected chi connectivity index (χ0v) is 8.46. The van der Waals surface area contributed by atoms with E-state index >= 15 is 0 Å². The van der Waals surface area contributed by atoms with Gasteiger partial charge in [0, 0.05) is 31.5 Å². The van der Waals surface area contributed by atoms with Crippen molar-refractivity contribution in [1.82, 2.24) is 9.88 Å². The van der Waals surface area contributed by atoms with E-state index in [1.807, 2.05) is 0 Å². The van der Waals surface area contributed by atoms with Gasteiger partial charge in [0.15, 0.2) is 0 Å². The Bertz CT molecular complexity index is 277. The number of aryl methyl sites for hydroxylation is 1. The minimum absolute atomic E-state index is 0.782. The second kappa shape index (κ2) is 3.54. The molecule has 0 amide bonds. The maximum absolute atomic E-state index is 3.55.